The second-order valence-corrected chi connectivity index (χ2v) is 7.57. The Morgan fingerprint density at radius 2 is 2.11 bits per heavy atom. The fourth-order valence-corrected chi connectivity index (χ4v) is 3.66. The number of unbranched alkanes of at least 4 members (excludes halogenated alkanes) is 1. The van der Waals surface area contributed by atoms with E-state index in [-0.39, 0.29) is 11.7 Å². The number of nitrogens with one attached hydrogen (secondary N) is 2. The van der Waals surface area contributed by atoms with Crippen molar-refractivity contribution in [3.63, 3.8) is 0 Å². The molecule has 3 rings (SSSR count). The zero-order valence-corrected chi connectivity index (χ0v) is 16.8. The number of hydrogen-bond donors (Lipinski definition) is 2. The minimum absolute atomic E-state index is 0.129. The molecule has 2 N–H and O–H groups in total. The summed E-state index contributed by atoms with van der Waals surface area (Å²) in [5.74, 6) is 1.77. The topological polar surface area (TPSA) is 92.8 Å². The maximum Gasteiger partial charge on any atom is 0.236 e. The highest BCUT2D eigenvalue weighted by Gasteiger charge is 2.11. The molecule has 0 radical (unpaired) electrons. The molecule has 1 amide bonds. The molecule has 2 heterocycles. The fourth-order valence-electron chi connectivity index (χ4n) is 2.31. The molecule has 0 bridgehead atoms. The van der Waals surface area contributed by atoms with Gasteiger partial charge in [-0.15, -0.1) is 16.4 Å². The van der Waals surface area contributed by atoms with Crippen LogP contribution in [0.25, 0.3) is 11.3 Å². The first kappa shape index (κ1) is 19.4. The van der Waals surface area contributed by atoms with Gasteiger partial charge in [-0.1, -0.05) is 25.1 Å². The van der Waals surface area contributed by atoms with Gasteiger partial charge in [-0.25, -0.2) is 9.97 Å². The number of carbonyl (C=O) groups is 1. The minimum Gasteiger partial charge on any atom is -0.497 e. The lowest BCUT2D eigenvalue weighted by molar-refractivity contribution is -0.113. The number of aromatic amines is 1. The average molecular weight is 404 g/mol. The van der Waals surface area contributed by atoms with E-state index in [2.05, 4.69) is 32.4 Å². The molecule has 7 nitrogen and oxygen atoms in total. The molecule has 9 heteroatoms. The van der Waals surface area contributed by atoms with E-state index in [1.807, 2.05) is 29.6 Å². The monoisotopic (exact) mass is 403 g/mol. The number of ether oxygens (including phenoxy) is 1. The van der Waals surface area contributed by atoms with E-state index in [1.165, 1.54) is 23.1 Å². The van der Waals surface area contributed by atoms with E-state index in [0.717, 1.165) is 42.1 Å². The number of benzene rings is 1. The summed E-state index contributed by atoms with van der Waals surface area (Å²) >= 11 is 2.70. The molecule has 2 aromatic heterocycles. The second kappa shape index (κ2) is 9.52. The van der Waals surface area contributed by atoms with Gasteiger partial charge in [0.15, 0.2) is 5.13 Å². The number of aryl methyl sites for hydroxylation is 1. The predicted octanol–water partition coefficient (Wildman–Crippen LogP) is 4.01. The van der Waals surface area contributed by atoms with Gasteiger partial charge in [-0.2, -0.15) is 0 Å². The molecule has 0 saturated heterocycles. The van der Waals surface area contributed by atoms with Gasteiger partial charge in [-0.3, -0.25) is 9.89 Å². The van der Waals surface area contributed by atoms with Crippen molar-refractivity contribution in [2.24, 2.45) is 0 Å². The van der Waals surface area contributed by atoms with Crippen molar-refractivity contribution in [1.29, 1.82) is 0 Å². The Balaban J connectivity index is 1.50. The van der Waals surface area contributed by atoms with Crippen molar-refractivity contribution in [2.75, 3.05) is 18.2 Å². The highest BCUT2D eigenvalue weighted by Crippen LogP contribution is 2.26. The number of nitrogens with zero attached hydrogens (tertiary/aromatic N) is 3. The third-order valence-electron chi connectivity index (χ3n) is 3.75. The fraction of sp³-hybridized carbons (Fsp3) is 0.333. The Morgan fingerprint density at radius 1 is 1.30 bits per heavy atom. The van der Waals surface area contributed by atoms with Gasteiger partial charge in [0.1, 0.15) is 11.6 Å². The summed E-state index contributed by atoms with van der Waals surface area (Å²) < 4.78 is 5.16. The second-order valence-electron chi connectivity index (χ2n) is 5.77. The molecule has 0 aliphatic heterocycles. The van der Waals surface area contributed by atoms with Crippen LogP contribution in [0.5, 0.6) is 5.75 Å². The van der Waals surface area contributed by atoms with Gasteiger partial charge in [0, 0.05) is 17.4 Å². The third-order valence-corrected chi connectivity index (χ3v) is 5.35. The molecule has 0 fully saturated rings. The number of methoxy groups -OCH3 is 1. The summed E-state index contributed by atoms with van der Waals surface area (Å²) in [7, 11) is 1.63. The minimum atomic E-state index is -0.129. The zero-order chi connectivity index (χ0) is 19.1. The number of H-pyrrole nitrogens is 1. The summed E-state index contributed by atoms with van der Waals surface area (Å²) in [5.41, 5.74) is 1.79. The summed E-state index contributed by atoms with van der Waals surface area (Å²) in [5, 5.41) is 12.9. The van der Waals surface area contributed by atoms with Gasteiger partial charge in [-0.05, 0) is 30.7 Å². The lowest BCUT2D eigenvalue weighted by Gasteiger charge is -2.01. The van der Waals surface area contributed by atoms with Crippen LogP contribution in [0.2, 0.25) is 0 Å². The maximum absolute atomic E-state index is 12.1. The van der Waals surface area contributed by atoms with Gasteiger partial charge in [0.25, 0.3) is 0 Å². The smallest absolute Gasteiger partial charge is 0.236 e. The van der Waals surface area contributed by atoms with E-state index >= 15 is 0 Å². The van der Waals surface area contributed by atoms with Crippen LogP contribution in [0.1, 0.15) is 25.6 Å². The van der Waals surface area contributed by atoms with Gasteiger partial charge >= 0.3 is 0 Å². The third kappa shape index (κ3) is 5.54. The maximum atomic E-state index is 12.1. The van der Waals surface area contributed by atoms with Crippen LogP contribution in [-0.2, 0) is 11.2 Å². The predicted molar refractivity (Wildman–Crippen MR) is 108 cm³/mol. The molecule has 0 aliphatic carbocycles. The Labute approximate surface area is 166 Å². The first-order valence-electron chi connectivity index (χ1n) is 8.62. The van der Waals surface area contributed by atoms with Crippen LogP contribution in [0.4, 0.5) is 5.13 Å². The lowest BCUT2D eigenvalue weighted by atomic mass is 10.2. The highest BCUT2D eigenvalue weighted by atomic mass is 32.2. The Bertz CT molecular complexity index is 876. The van der Waals surface area contributed by atoms with Crippen molar-refractivity contribution in [2.45, 2.75) is 31.3 Å². The van der Waals surface area contributed by atoms with Gasteiger partial charge in [0.05, 0.1) is 18.6 Å². The highest BCUT2D eigenvalue weighted by molar-refractivity contribution is 7.99. The average Bonchev–Trinajstić information content (AvgIpc) is 3.34. The van der Waals surface area contributed by atoms with Crippen molar-refractivity contribution >= 4 is 34.1 Å². The first-order valence-corrected chi connectivity index (χ1v) is 10.5. The lowest BCUT2D eigenvalue weighted by Crippen LogP contribution is -2.13. The van der Waals surface area contributed by atoms with E-state index in [4.69, 9.17) is 4.74 Å². The molecule has 0 unspecified atom stereocenters. The Morgan fingerprint density at radius 3 is 2.85 bits per heavy atom. The number of hydrogen-bond acceptors (Lipinski definition) is 7. The normalized spacial score (nSPS) is 10.7. The summed E-state index contributed by atoms with van der Waals surface area (Å²) in [4.78, 5) is 21.0. The molecule has 0 atom stereocenters. The molecular formula is C18H21N5O2S2. The van der Waals surface area contributed by atoms with Gasteiger partial charge < -0.3 is 10.1 Å². The van der Waals surface area contributed by atoms with Crippen LogP contribution >= 0.6 is 23.1 Å². The Kier molecular flexibility index (Phi) is 6.83. The quantitative estimate of drug-likeness (QED) is 0.525. The number of aromatic nitrogens is 4. The molecular weight excluding hydrogens is 382 g/mol. The zero-order valence-electron chi connectivity index (χ0n) is 15.2. The van der Waals surface area contributed by atoms with Crippen LogP contribution in [0.3, 0.4) is 0 Å². The number of rotatable bonds is 9. The van der Waals surface area contributed by atoms with E-state index in [0.29, 0.717) is 10.3 Å². The van der Waals surface area contributed by atoms with Crippen molar-refractivity contribution in [1.82, 2.24) is 20.2 Å². The molecule has 1 aromatic carbocycles. The number of anilines is 1. The van der Waals surface area contributed by atoms with Crippen LogP contribution in [0.15, 0.2) is 34.8 Å². The number of thiazole rings is 1. The molecule has 142 valence electrons. The summed E-state index contributed by atoms with van der Waals surface area (Å²) in [6.45, 7) is 2.13. The van der Waals surface area contributed by atoms with E-state index in [1.54, 1.807) is 7.11 Å². The SMILES string of the molecule is CCCCc1nc(SCC(=O)Nc2nc(-c3ccc(OC)cc3)cs2)n[nH]1. The first-order chi connectivity index (χ1) is 13.2. The van der Waals surface area contributed by atoms with Crippen molar-refractivity contribution < 1.29 is 9.53 Å². The molecule has 0 saturated carbocycles. The van der Waals surface area contributed by atoms with Crippen LogP contribution in [0, 0.1) is 0 Å². The molecule has 27 heavy (non-hydrogen) atoms. The number of carbonyl (C=O) groups excluding carboxylic acids is 1. The summed E-state index contributed by atoms with van der Waals surface area (Å²) in [6.07, 6.45) is 3.06. The number of amides is 1. The standard InChI is InChI=1S/C18H21N5O2S2/c1-3-4-5-15-20-18(23-22-15)27-11-16(24)21-17-19-14(10-26-17)12-6-8-13(25-2)9-7-12/h6-10H,3-5,11H2,1-2H3,(H,19,21,24)(H,20,22,23). The van der Waals surface area contributed by atoms with E-state index < -0.39 is 0 Å². The van der Waals surface area contributed by atoms with Crippen molar-refractivity contribution in [3.8, 4) is 17.0 Å². The van der Waals surface area contributed by atoms with Gasteiger partial charge in [0.2, 0.25) is 11.1 Å². The Hall–Kier alpha value is -2.39. The largest absolute Gasteiger partial charge is 0.497 e. The summed E-state index contributed by atoms with van der Waals surface area (Å²) in [6, 6.07) is 7.65. The van der Waals surface area contributed by atoms with Crippen LogP contribution < -0.4 is 10.1 Å². The van der Waals surface area contributed by atoms with E-state index in [9.17, 15) is 4.79 Å². The molecule has 0 aliphatic rings. The number of thioether (sulfide) groups is 1. The van der Waals surface area contributed by atoms with Crippen molar-refractivity contribution in [3.05, 3.63) is 35.5 Å². The van der Waals surface area contributed by atoms with Crippen LogP contribution in [-0.4, -0.2) is 38.9 Å². The molecule has 0 spiro atoms. The molecule has 3 aromatic rings.